The zero-order chi connectivity index (χ0) is 10.8. The highest BCUT2D eigenvalue weighted by molar-refractivity contribution is 5.82. The van der Waals surface area contributed by atoms with Gasteiger partial charge in [-0.25, -0.2) is 4.79 Å². The van der Waals surface area contributed by atoms with E-state index < -0.39 is 0 Å². The van der Waals surface area contributed by atoms with E-state index in [9.17, 15) is 4.79 Å². The Hall–Kier alpha value is -0.830. The number of methoxy groups -OCH3 is 1. The third kappa shape index (κ3) is 6.66. The fourth-order valence-corrected chi connectivity index (χ4v) is 1.13. The lowest BCUT2D eigenvalue weighted by molar-refractivity contribution is -0.137. The largest absolute Gasteiger partial charge is 0.463 e. The van der Waals surface area contributed by atoms with Gasteiger partial charge in [0.1, 0.15) is 0 Å². The molecule has 3 nitrogen and oxygen atoms in total. The zero-order valence-electron chi connectivity index (χ0n) is 9.34. The van der Waals surface area contributed by atoms with Gasteiger partial charge in [-0.05, 0) is 25.3 Å². The first kappa shape index (κ1) is 13.2. The summed E-state index contributed by atoms with van der Waals surface area (Å²) >= 11 is 0. The van der Waals surface area contributed by atoms with Gasteiger partial charge in [0.15, 0.2) is 0 Å². The van der Waals surface area contributed by atoms with E-state index in [-0.39, 0.29) is 5.97 Å². The van der Waals surface area contributed by atoms with Gasteiger partial charge in [0.25, 0.3) is 0 Å². The van der Waals surface area contributed by atoms with Crippen LogP contribution in [0, 0.1) is 0 Å². The Morgan fingerprint density at radius 1 is 1.36 bits per heavy atom. The van der Waals surface area contributed by atoms with Gasteiger partial charge in [-0.2, -0.15) is 0 Å². The maximum atomic E-state index is 11.1. The molecule has 0 fully saturated rings. The van der Waals surface area contributed by atoms with Crippen molar-refractivity contribution in [1.29, 1.82) is 0 Å². The average molecular weight is 200 g/mol. The standard InChI is InChI=1S/C11H20O3/c1-4-6-7-10(9-13-3)8-11(12)14-5-2/h8H,4-7,9H2,1-3H3/b10-8-. The van der Waals surface area contributed by atoms with E-state index in [0.29, 0.717) is 13.2 Å². The van der Waals surface area contributed by atoms with Crippen LogP contribution in [0.25, 0.3) is 0 Å². The summed E-state index contributed by atoms with van der Waals surface area (Å²) in [6.45, 7) is 4.85. The van der Waals surface area contributed by atoms with Crippen LogP contribution in [0.4, 0.5) is 0 Å². The average Bonchev–Trinajstić information content (AvgIpc) is 2.15. The Balaban J connectivity index is 4.08. The van der Waals surface area contributed by atoms with Crippen molar-refractivity contribution in [3.8, 4) is 0 Å². The Labute approximate surface area is 86.1 Å². The van der Waals surface area contributed by atoms with Crippen LogP contribution in [0.2, 0.25) is 0 Å². The van der Waals surface area contributed by atoms with Crippen molar-refractivity contribution < 1.29 is 14.3 Å². The molecule has 0 N–H and O–H groups in total. The third-order valence-electron chi connectivity index (χ3n) is 1.79. The second-order valence-electron chi connectivity index (χ2n) is 3.09. The summed E-state index contributed by atoms with van der Waals surface area (Å²) in [5, 5.41) is 0. The molecule has 0 atom stereocenters. The number of hydrogen-bond donors (Lipinski definition) is 0. The summed E-state index contributed by atoms with van der Waals surface area (Å²) in [6.07, 6.45) is 4.64. The van der Waals surface area contributed by atoms with Crippen LogP contribution in [-0.2, 0) is 14.3 Å². The minimum atomic E-state index is -0.268. The van der Waals surface area contributed by atoms with Crippen LogP contribution in [-0.4, -0.2) is 26.3 Å². The molecule has 0 saturated carbocycles. The van der Waals surface area contributed by atoms with Gasteiger partial charge in [0.2, 0.25) is 0 Å². The molecule has 0 aliphatic rings. The summed E-state index contributed by atoms with van der Waals surface area (Å²) in [5.74, 6) is -0.268. The van der Waals surface area contributed by atoms with E-state index in [0.717, 1.165) is 24.8 Å². The van der Waals surface area contributed by atoms with E-state index in [1.165, 1.54) is 0 Å². The topological polar surface area (TPSA) is 35.5 Å². The molecule has 0 bridgehead atoms. The molecule has 0 saturated heterocycles. The quantitative estimate of drug-likeness (QED) is 0.467. The molecule has 0 aromatic carbocycles. The van der Waals surface area contributed by atoms with E-state index in [1.807, 2.05) is 0 Å². The molecule has 0 aromatic heterocycles. The monoisotopic (exact) mass is 200 g/mol. The lowest BCUT2D eigenvalue weighted by Crippen LogP contribution is -2.04. The molecule has 0 radical (unpaired) electrons. The summed E-state index contributed by atoms with van der Waals surface area (Å²) in [4.78, 5) is 11.1. The first-order chi connectivity index (χ1) is 6.74. The first-order valence-corrected chi connectivity index (χ1v) is 5.09. The SMILES string of the molecule is CCCC/C(=C/C(=O)OCC)COC. The maximum absolute atomic E-state index is 11.1. The molecule has 0 aromatic rings. The number of esters is 1. The number of rotatable bonds is 7. The molecule has 0 heterocycles. The van der Waals surface area contributed by atoms with Crippen molar-refractivity contribution in [3.63, 3.8) is 0 Å². The van der Waals surface area contributed by atoms with E-state index >= 15 is 0 Å². The van der Waals surface area contributed by atoms with Gasteiger partial charge in [-0.1, -0.05) is 13.3 Å². The van der Waals surface area contributed by atoms with Crippen LogP contribution in [0.5, 0.6) is 0 Å². The lowest BCUT2D eigenvalue weighted by Gasteiger charge is -2.05. The zero-order valence-corrected chi connectivity index (χ0v) is 9.34. The molecular weight excluding hydrogens is 180 g/mol. The number of carbonyl (C=O) groups is 1. The highest BCUT2D eigenvalue weighted by atomic mass is 16.5. The molecule has 0 aliphatic carbocycles. The summed E-state index contributed by atoms with van der Waals surface area (Å²) < 4.78 is 9.83. The van der Waals surface area contributed by atoms with E-state index in [2.05, 4.69) is 6.92 Å². The Morgan fingerprint density at radius 2 is 2.07 bits per heavy atom. The molecule has 3 heteroatoms. The van der Waals surface area contributed by atoms with Gasteiger partial charge in [0.05, 0.1) is 13.2 Å². The lowest BCUT2D eigenvalue weighted by atomic mass is 10.1. The Bertz CT molecular complexity index is 185. The van der Waals surface area contributed by atoms with Gasteiger partial charge >= 0.3 is 5.97 Å². The highest BCUT2D eigenvalue weighted by Crippen LogP contribution is 2.07. The third-order valence-corrected chi connectivity index (χ3v) is 1.79. The molecular formula is C11H20O3. The summed E-state index contributed by atoms with van der Waals surface area (Å²) in [7, 11) is 1.63. The molecule has 14 heavy (non-hydrogen) atoms. The Morgan fingerprint density at radius 3 is 2.57 bits per heavy atom. The fourth-order valence-electron chi connectivity index (χ4n) is 1.13. The normalized spacial score (nSPS) is 11.5. The highest BCUT2D eigenvalue weighted by Gasteiger charge is 2.01. The van der Waals surface area contributed by atoms with Crippen molar-refractivity contribution in [2.24, 2.45) is 0 Å². The Kier molecular flexibility index (Phi) is 8.24. The number of unbranched alkanes of at least 4 members (excludes halogenated alkanes) is 1. The van der Waals surface area contributed by atoms with Crippen molar-refractivity contribution in [1.82, 2.24) is 0 Å². The fraction of sp³-hybridized carbons (Fsp3) is 0.727. The van der Waals surface area contributed by atoms with Gasteiger partial charge < -0.3 is 9.47 Å². The molecule has 82 valence electrons. The van der Waals surface area contributed by atoms with Crippen LogP contribution in [0.15, 0.2) is 11.6 Å². The van der Waals surface area contributed by atoms with Crippen LogP contribution < -0.4 is 0 Å². The molecule has 0 unspecified atom stereocenters. The van der Waals surface area contributed by atoms with Crippen LogP contribution in [0.1, 0.15) is 33.1 Å². The molecule has 0 amide bonds. The minimum absolute atomic E-state index is 0.268. The van der Waals surface area contributed by atoms with Crippen molar-refractivity contribution in [2.75, 3.05) is 20.3 Å². The summed E-state index contributed by atoms with van der Waals surface area (Å²) in [5.41, 5.74) is 1.01. The van der Waals surface area contributed by atoms with Crippen LogP contribution >= 0.6 is 0 Å². The predicted octanol–water partition coefficient (Wildman–Crippen LogP) is 2.31. The van der Waals surface area contributed by atoms with Gasteiger partial charge in [-0.3, -0.25) is 0 Å². The molecule has 0 rings (SSSR count). The number of carbonyl (C=O) groups excluding carboxylic acids is 1. The minimum Gasteiger partial charge on any atom is -0.463 e. The number of hydrogen-bond acceptors (Lipinski definition) is 3. The second kappa shape index (κ2) is 8.75. The number of ether oxygens (including phenoxy) is 2. The molecule has 0 aliphatic heterocycles. The first-order valence-electron chi connectivity index (χ1n) is 5.09. The van der Waals surface area contributed by atoms with Crippen molar-refractivity contribution >= 4 is 5.97 Å². The summed E-state index contributed by atoms with van der Waals surface area (Å²) in [6, 6.07) is 0. The molecule has 0 spiro atoms. The second-order valence-corrected chi connectivity index (χ2v) is 3.09. The van der Waals surface area contributed by atoms with E-state index in [1.54, 1.807) is 20.1 Å². The smallest absolute Gasteiger partial charge is 0.330 e. The van der Waals surface area contributed by atoms with Crippen molar-refractivity contribution in [2.45, 2.75) is 33.1 Å². The predicted molar refractivity (Wildman–Crippen MR) is 56.1 cm³/mol. The van der Waals surface area contributed by atoms with Gasteiger partial charge in [-0.15, -0.1) is 0 Å². The maximum Gasteiger partial charge on any atom is 0.330 e. The van der Waals surface area contributed by atoms with Crippen LogP contribution in [0.3, 0.4) is 0 Å². The van der Waals surface area contributed by atoms with E-state index in [4.69, 9.17) is 9.47 Å². The van der Waals surface area contributed by atoms with Gasteiger partial charge in [0, 0.05) is 13.2 Å². The van der Waals surface area contributed by atoms with Crippen molar-refractivity contribution in [3.05, 3.63) is 11.6 Å².